The minimum atomic E-state index is 0.148. The molecule has 2 aromatic rings. The van der Waals surface area contributed by atoms with Crippen molar-refractivity contribution in [3.05, 3.63) is 53.1 Å². The number of aryl methyl sites for hydroxylation is 2. The quantitative estimate of drug-likeness (QED) is 0.776. The molecule has 5 heteroatoms. The molecule has 1 atom stereocenters. The van der Waals surface area contributed by atoms with Gasteiger partial charge in [-0.3, -0.25) is 0 Å². The number of rotatable bonds is 4. The third-order valence-corrected chi connectivity index (χ3v) is 4.56. The topological polar surface area (TPSA) is 42.5 Å². The highest BCUT2D eigenvalue weighted by molar-refractivity contribution is 7.80. The third-order valence-electron chi connectivity index (χ3n) is 4.34. The summed E-state index contributed by atoms with van der Waals surface area (Å²) in [5, 5.41) is 7.29. The number of nitrogens with one attached hydrogen (secondary N) is 2. The molecule has 0 saturated carbocycles. The lowest BCUT2D eigenvalue weighted by Gasteiger charge is -2.26. The van der Waals surface area contributed by atoms with E-state index in [1.165, 1.54) is 16.7 Å². The van der Waals surface area contributed by atoms with E-state index in [-0.39, 0.29) is 12.8 Å². The van der Waals surface area contributed by atoms with Gasteiger partial charge in [-0.25, -0.2) is 0 Å². The molecule has 25 heavy (non-hydrogen) atoms. The predicted octanol–water partition coefficient (Wildman–Crippen LogP) is 4.72. The van der Waals surface area contributed by atoms with Crippen molar-refractivity contribution in [1.29, 1.82) is 0 Å². The van der Waals surface area contributed by atoms with Crippen molar-refractivity contribution >= 4 is 23.0 Å². The van der Waals surface area contributed by atoms with Crippen molar-refractivity contribution in [2.24, 2.45) is 5.92 Å². The van der Waals surface area contributed by atoms with Gasteiger partial charge < -0.3 is 20.1 Å². The van der Waals surface area contributed by atoms with E-state index < -0.39 is 0 Å². The van der Waals surface area contributed by atoms with E-state index >= 15 is 0 Å². The molecule has 0 unspecified atom stereocenters. The Bertz CT molecular complexity index is 789. The summed E-state index contributed by atoms with van der Waals surface area (Å²) in [6.07, 6.45) is 0. The average Bonchev–Trinajstić information content (AvgIpc) is 3.00. The highest BCUT2D eigenvalue weighted by Crippen LogP contribution is 2.34. The van der Waals surface area contributed by atoms with Gasteiger partial charge in [0, 0.05) is 11.8 Å². The zero-order chi connectivity index (χ0) is 18.0. The molecule has 2 N–H and O–H groups in total. The lowest BCUT2D eigenvalue weighted by atomic mass is 9.92. The summed E-state index contributed by atoms with van der Waals surface area (Å²) in [4.78, 5) is 0. The molecular formula is C20H24N2O2S. The van der Waals surface area contributed by atoms with Crippen LogP contribution in [0, 0.1) is 19.8 Å². The second-order valence-electron chi connectivity index (χ2n) is 6.75. The van der Waals surface area contributed by atoms with E-state index in [0.29, 0.717) is 11.0 Å². The Morgan fingerprint density at radius 2 is 1.80 bits per heavy atom. The Morgan fingerprint density at radius 3 is 2.52 bits per heavy atom. The van der Waals surface area contributed by atoms with Gasteiger partial charge in [0.05, 0.1) is 6.04 Å². The minimum absolute atomic E-state index is 0.148. The lowest BCUT2D eigenvalue weighted by Crippen LogP contribution is -2.35. The van der Waals surface area contributed by atoms with Gasteiger partial charge in [0.2, 0.25) is 6.79 Å². The van der Waals surface area contributed by atoms with Crippen molar-refractivity contribution in [1.82, 2.24) is 5.32 Å². The summed E-state index contributed by atoms with van der Waals surface area (Å²) in [6.45, 7) is 8.91. The Balaban J connectivity index is 1.73. The first-order chi connectivity index (χ1) is 11.9. The highest BCUT2D eigenvalue weighted by Gasteiger charge is 2.19. The number of thiocarbonyl (C=S) groups is 1. The molecule has 132 valence electrons. The molecule has 1 aliphatic heterocycles. The summed E-state index contributed by atoms with van der Waals surface area (Å²) in [5.41, 5.74) is 4.70. The van der Waals surface area contributed by atoms with Crippen molar-refractivity contribution in [2.75, 3.05) is 12.1 Å². The van der Waals surface area contributed by atoms with E-state index in [9.17, 15) is 0 Å². The SMILES string of the molecule is Cc1ccc([C@H](NC(=S)Nc2ccc3c(c2)OCO3)C(C)C)c(C)c1. The van der Waals surface area contributed by atoms with Gasteiger partial charge in [-0.15, -0.1) is 0 Å². The molecule has 2 aromatic carbocycles. The number of hydrogen-bond donors (Lipinski definition) is 2. The van der Waals surface area contributed by atoms with Gasteiger partial charge in [-0.05, 0) is 55.2 Å². The first kappa shape index (κ1) is 17.5. The van der Waals surface area contributed by atoms with E-state index in [2.05, 4.69) is 56.5 Å². The maximum absolute atomic E-state index is 5.53. The Labute approximate surface area is 154 Å². The number of benzene rings is 2. The molecule has 0 fully saturated rings. The summed E-state index contributed by atoms with van der Waals surface area (Å²) >= 11 is 5.53. The summed E-state index contributed by atoms with van der Waals surface area (Å²) in [6, 6.07) is 12.4. The first-order valence-corrected chi connectivity index (χ1v) is 8.89. The second kappa shape index (κ2) is 7.31. The van der Waals surface area contributed by atoms with Crippen LogP contribution >= 0.6 is 12.2 Å². The smallest absolute Gasteiger partial charge is 0.231 e. The van der Waals surface area contributed by atoms with E-state index in [1.807, 2.05) is 18.2 Å². The number of ether oxygens (including phenoxy) is 2. The molecule has 0 bridgehead atoms. The Kier molecular flexibility index (Phi) is 5.13. The van der Waals surface area contributed by atoms with Crippen LogP contribution in [0.3, 0.4) is 0 Å². The molecule has 0 amide bonds. The van der Waals surface area contributed by atoms with Gasteiger partial charge in [0.25, 0.3) is 0 Å². The second-order valence-corrected chi connectivity index (χ2v) is 7.16. The molecule has 0 aliphatic carbocycles. The van der Waals surface area contributed by atoms with E-state index in [4.69, 9.17) is 21.7 Å². The summed E-state index contributed by atoms with van der Waals surface area (Å²) in [7, 11) is 0. The summed E-state index contributed by atoms with van der Waals surface area (Å²) in [5.74, 6) is 1.90. The fourth-order valence-corrected chi connectivity index (χ4v) is 3.31. The van der Waals surface area contributed by atoms with Crippen molar-refractivity contribution in [3.63, 3.8) is 0 Å². The van der Waals surface area contributed by atoms with Crippen molar-refractivity contribution in [3.8, 4) is 11.5 Å². The summed E-state index contributed by atoms with van der Waals surface area (Å²) < 4.78 is 10.7. The van der Waals surface area contributed by atoms with E-state index in [0.717, 1.165) is 17.2 Å². The maximum Gasteiger partial charge on any atom is 0.231 e. The minimum Gasteiger partial charge on any atom is -0.454 e. The van der Waals surface area contributed by atoms with Crippen LogP contribution in [0.1, 0.15) is 36.6 Å². The van der Waals surface area contributed by atoms with Crippen LogP contribution in [0.2, 0.25) is 0 Å². The monoisotopic (exact) mass is 356 g/mol. The molecule has 3 rings (SSSR count). The van der Waals surface area contributed by atoms with Gasteiger partial charge in [0.1, 0.15) is 0 Å². The van der Waals surface area contributed by atoms with Crippen molar-refractivity contribution in [2.45, 2.75) is 33.7 Å². The lowest BCUT2D eigenvalue weighted by molar-refractivity contribution is 0.174. The molecule has 0 radical (unpaired) electrons. The fraction of sp³-hybridized carbons (Fsp3) is 0.350. The molecule has 0 spiro atoms. The Morgan fingerprint density at radius 1 is 1.04 bits per heavy atom. The van der Waals surface area contributed by atoms with Crippen LogP contribution in [-0.2, 0) is 0 Å². The predicted molar refractivity (Wildman–Crippen MR) is 105 cm³/mol. The molecule has 0 aromatic heterocycles. The van der Waals surface area contributed by atoms with Gasteiger partial charge in [0.15, 0.2) is 16.6 Å². The van der Waals surface area contributed by atoms with Crippen molar-refractivity contribution < 1.29 is 9.47 Å². The molecule has 1 heterocycles. The molecule has 1 aliphatic rings. The fourth-order valence-electron chi connectivity index (χ4n) is 3.06. The molecule has 4 nitrogen and oxygen atoms in total. The zero-order valence-electron chi connectivity index (χ0n) is 15.1. The number of hydrogen-bond acceptors (Lipinski definition) is 3. The standard InChI is InChI=1S/C20H24N2O2S/c1-12(2)19(16-7-5-13(3)9-14(16)4)22-20(25)21-15-6-8-17-18(10-15)24-11-23-17/h5-10,12,19H,11H2,1-4H3,(H2,21,22,25)/t19-/m1/s1. The largest absolute Gasteiger partial charge is 0.454 e. The molecule has 0 saturated heterocycles. The number of fused-ring (bicyclic) bond motifs is 1. The maximum atomic E-state index is 5.53. The van der Waals surface area contributed by atoms with Gasteiger partial charge in [-0.2, -0.15) is 0 Å². The average molecular weight is 356 g/mol. The third kappa shape index (κ3) is 4.04. The van der Waals surface area contributed by atoms with Gasteiger partial charge >= 0.3 is 0 Å². The van der Waals surface area contributed by atoms with Gasteiger partial charge in [-0.1, -0.05) is 37.6 Å². The number of anilines is 1. The van der Waals surface area contributed by atoms with Crippen LogP contribution in [0.15, 0.2) is 36.4 Å². The van der Waals surface area contributed by atoms with E-state index in [1.54, 1.807) is 0 Å². The van der Waals surface area contributed by atoms with Crippen LogP contribution in [0.25, 0.3) is 0 Å². The van der Waals surface area contributed by atoms with Crippen LogP contribution in [-0.4, -0.2) is 11.9 Å². The van der Waals surface area contributed by atoms with Crippen LogP contribution < -0.4 is 20.1 Å². The highest BCUT2D eigenvalue weighted by atomic mass is 32.1. The Hall–Kier alpha value is -2.27. The normalized spacial score (nSPS) is 13.6. The van der Waals surface area contributed by atoms with Crippen LogP contribution in [0.4, 0.5) is 5.69 Å². The van der Waals surface area contributed by atoms with Crippen LogP contribution in [0.5, 0.6) is 11.5 Å². The molecular weight excluding hydrogens is 332 g/mol. The zero-order valence-corrected chi connectivity index (χ0v) is 15.9. The first-order valence-electron chi connectivity index (χ1n) is 8.48.